The molecule has 2 heterocycles. The number of anilines is 1. The van der Waals surface area contributed by atoms with Crippen molar-refractivity contribution in [3.05, 3.63) is 95.3 Å². The maximum atomic E-state index is 13.5. The molecule has 3 aromatic rings. The number of nitrogens with one attached hydrogen (secondary N) is 2. The van der Waals surface area contributed by atoms with E-state index in [9.17, 15) is 23.5 Å². The van der Waals surface area contributed by atoms with Crippen LogP contribution in [0.1, 0.15) is 55.8 Å². The Hall–Kier alpha value is -3.69. The minimum absolute atomic E-state index is 0.0283. The van der Waals surface area contributed by atoms with Crippen LogP contribution in [0.3, 0.4) is 0 Å². The highest BCUT2D eigenvalue weighted by atomic mass is 19.1. The van der Waals surface area contributed by atoms with Gasteiger partial charge in [0, 0.05) is 24.6 Å². The fraction of sp³-hybridized carbons (Fsp3) is 0.387. The van der Waals surface area contributed by atoms with Gasteiger partial charge in [-0.1, -0.05) is 38.1 Å². The summed E-state index contributed by atoms with van der Waals surface area (Å²) in [6, 6.07) is 13.8. The molecule has 0 unspecified atom stereocenters. The fourth-order valence-corrected chi connectivity index (χ4v) is 5.00. The van der Waals surface area contributed by atoms with Crippen LogP contribution in [0.5, 0.6) is 0 Å². The first-order valence-corrected chi connectivity index (χ1v) is 13.7. The van der Waals surface area contributed by atoms with Crippen LogP contribution in [0.2, 0.25) is 0 Å². The van der Waals surface area contributed by atoms with Crippen LogP contribution in [0.25, 0.3) is 0 Å². The molecule has 2 amide bonds. The summed E-state index contributed by atoms with van der Waals surface area (Å²) in [6.45, 7) is 6.53. The Kier molecular flexibility index (Phi) is 9.60. The Balaban J connectivity index is 1.31. The number of nitrogens with zero attached hydrogens (tertiary/aromatic N) is 2. The van der Waals surface area contributed by atoms with Gasteiger partial charge in [-0.25, -0.2) is 8.78 Å². The van der Waals surface area contributed by atoms with Gasteiger partial charge in [0.2, 0.25) is 5.91 Å². The third-order valence-corrected chi connectivity index (χ3v) is 7.38. The molecule has 9 heteroatoms. The van der Waals surface area contributed by atoms with E-state index in [1.807, 2.05) is 26.0 Å². The molecule has 40 heavy (non-hydrogen) atoms. The average Bonchev–Trinajstić information content (AvgIpc) is 2.96. The lowest BCUT2D eigenvalue weighted by Gasteiger charge is -2.32. The number of benzene rings is 2. The second-order valence-corrected chi connectivity index (χ2v) is 10.5. The average molecular weight is 551 g/mol. The number of pyridine rings is 1. The number of likely N-dealkylation sites (tertiary alicyclic amines) is 1. The van der Waals surface area contributed by atoms with E-state index in [0.29, 0.717) is 13.0 Å². The van der Waals surface area contributed by atoms with Crippen molar-refractivity contribution in [2.75, 3.05) is 31.5 Å². The zero-order chi connectivity index (χ0) is 28.7. The first kappa shape index (κ1) is 29.3. The number of hydrogen-bond acceptors (Lipinski definition) is 5. The number of rotatable bonds is 10. The number of halogens is 2. The fourth-order valence-electron chi connectivity index (χ4n) is 5.00. The molecule has 0 bridgehead atoms. The van der Waals surface area contributed by atoms with Gasteiger partial charge in [0.15, 0.2) is 5.60 Å². The third-order valence-electron chi connectivity index (χ3n) is 7.38. The monoisotopic (exact) mass is 550 g/mol. The topological polar surface area (TPSA) is 94.6 Å². The number of carbonyl (C=O) groups excluding carboxylic acids is 2. The predicted molar refractivity (Wildman–Crippen MR) is 150 cm³/mol. The quantitative estimate of drug-likeness (QED) is 0.322. The van der Waals surface area contributed by atoms with Crippen molar-refractivity contribution < 1.29 is 23.5 Å². The summed E-state index contributed by atoms with van der Waals surface area (Å²) in [6.07, 6.45) is 4.23. The summed E-state index contributed by atoms with van der Waals surface area (Å²) in [5.74, 6) is -1.53. The molecule has 1 aliphatic heterocycles. The van der Waals surface area contributed by atoms with Crippen LogP contribution in [0.4, 0.5) is 14.5 Å². The van der Waals surface area contributed by atoms with Crippen LogP contribution in [-0.2, 0) is 15.2 Å². The smallest absolute Gasteiger partial charge is 0.261 e. The van der Waals surface area contributed by atoms with Crippen molar-refractivity contribution in [1.29, 1.82) is 0 Å². The Morgan fingerprint density at radius 2 is 1.57 bits per heavy atom. The van der Waals surface area contributed by atoms with Crippen LogP contribution in [0.15, 0.2) is 66.9 Å². The molecule has 7 nitrogen and oxygen atoms in total. The minimum Gasteiger partial charge on any atom is -0.372 e. The molecule has 1 aliphatic rings. The number of hydrogen-bond donors (Lipinski definition) is 3. The number of aromatic nitrogens is 1. The molecule has 4 rings (SSSR count). The molecule has 0 spiro atoms. The molecule has 0 aliphatic carbocycles. The molecule has 0 atom stereocenters. The van der Waals surface area contributed by atoms with E-state index in [1.165, 1.54) is 48.5 Å². The van der Waals surface area contributed by atoms with E-state index in [2.05, 4.69) is 20.5 Å². The largest absolute Gasteiger partial charge is 0.372 e. The predicted octanol–water partition coefficient (Wildman–Crippen LogP) is 4.58. The lowest BCUT2D eigenvalue weighted by molar-refractivity contribution is -0.136. The van der Waals surface area contributed by atoms with Gasteiger partial charge >= 0.3 is 0 Å². The minimum atomic E-state index is -2.09. The maximum absolute atomic E-state index is 13.5. The van der Waals surface area contributed by atoms with E-state index in [0.717, 1.165) is 43.9 Å². The highest BCUT2D eigenvalue weighted by Gasteiger charge is 2.40. The molecular formula is C31H36F2N4O3. The molecule has 1 aromatic heterocycles. The molecule has 0 radical (unpaired) electrons. The van der Waals surface area contributed by atoms with E-state index >= 15 is 0 Å². The molecule has 212 valence electrons. The summed E-state index contributed by atoms with van der Waals surface area (Å²) in [7, 11) is 0. The molecule has 0 saturated carbocycles. The molecule has 2 aromatic carbocycles. The normalized spacial score (nSPS) is 14.8. The van der Waals surface area contributed by atoms with Crippen molar-refractivity contribution >= 4 is 17.5 Å². The number of carbonyl (C=O) groups is 2. The Morgan fingerprint density at radius 3 is 2.12 bits per heavy atom. The van der Waals surface area contributed by atoms with Crippen molar-refractivity contribution in [3.8, 4) is 0 Å². The van der Waals surface area contributed by atoms with Gasteiger partial charge < -0.3 is 20.6 Å². The van der Waals surface area contributed by atoms with E-state index in [4.69, 9.17) is 0 Å². The van der Waals surface area contributed by atoms with E-state index < -0.39 is 23.1 Å². The van der Waals surface area contributed by atoms with Crippen molar-refractivity contribution in [2.24, 2.45) is 5.92 Å². The van der Waals surface area contributed by atoms with Gasteiger partial charge in [-0.15, -0.1) is 0 Å². The molecule has 1 saturated heterocycles. The van der Waals surface area contributed by atoms with Crippen LogP contribution in [-0.4, -0.2) is 53.0 Å². The highest BCUT2D eigenvalue weighted by Crippen LogP contribution is 2.32. The van der Waals surface area contributed by atoms with Gasteiger partial charge in [0.1, 0.15) is 11.6 Å². The second kappa shape index (κ2) is 13.1. The SMILES string of the molecule is CC(C)C(=O)Nc1cccnc1C1CCN(CCCNC(=O)C(O)(c2ccc(F)cc2)c2ccc(F)cc2)CC1. The number of piperidine rings is 1. The maximum Gasteiger partial charge on any atom is 0.261 e. The van der Waals surface area contributed by atoms with Gasteiger partial charge in [-0.3, -0.25) is 14.6 Å². The second-order valence-electron chi connectivity index (χ2n) is 10.5. The molecule has 3 N–H and O–H groups in total. The molecular weight excluding hydrogens is 514 g/mol. The Labute approximate surface area is 233 Å². The lowest BCUT2D eigenvalue weighted by atomic mass is 9.85. The zero-order valence-electron chi connectivity index (χ0n) is 22.9. The van der Waals surface area contributed by atoms with E-state index in [1.54, 1.807) is 6.20 Å². The van der Waals surface area contributed by atoms with Gasteiger partial charge in [-0.2, -0.15) is 0 Å². The summed E-state index contributed by atoms with van der Waals surface area (Å²) < 4.78 is 27.0. The van der Waals surface area contributed by atoms with Crippen LogP contribution in [0, 0.1) is 17.6 Å². The first-order chi connectivity index (χ1) is 19.2. The molecule has 1 fully saturated rings. The Morgan fingerprint density at radius 1 is 1.00 bits per heavy atom. The number of aliphatic hydroxyl groups is 1. The van der Waals surface area contributed by atoms with Crippen LogP contribution < -0.4 is 10.6 Å². The highest BCUT2D eigenvalue weighted by molar-refractivity contribution is 5.92. The zero-order valence-corrected chi connectivity index (χ0v) is 22.9. The van der Waals surface area contributed by atoms with Crippen LogP contribution >= 0.6 is 0 Å². The standard InChI is InChI=1S/C31H36F2N4O3/c1-21(2)29(38)36-27-5-3-16-34-28(27)22-14-19-37(20-15-22)18-4-17-35-30(39)31(40,23-6-10-25(32)11-7-23)24-8-12-26(33)13-9-24/h3,5-13,16,21-22,40H,4,14-15,17-20H2,1-2H3,(H,35,39)(H,36,38). The van der Waals surface area contributed by atoms with Gasteiger partial charge in [-0.05, 0) is 86.4 Å². The third kappa shape index (κ3) is 6.89. The first-order valence-electron chi connectivity index (χ1n) is 13.7. The van der Waals surface area contributed by atoms with E-state index in [-0.39, 0.29) is 28.9 Å². The van der Waals surface area contributed by atoms with Crippen molar-refractivity contribution in [2.45, 2.75) is 44.6 Å². The van der Waals surface area contributed by atoms with Gasteiger partial charge in [0.25, 0.3) is 5.91 Å². The summed E-state index contributed by atoms with van der Waals surface area (Å²) >= 11 is 0. The summed E-state index contributed by atoms with van der Waals surface area (Å²) in [4.78, 5) is 32.4. The Bertz CT molecular complexity index is 1250. The summed E-state index contributed by atoms with van der Waals surface area (Å²) in [5.41, 5.74) is -0.0101. The summed E-state index contributed by atoms with van der Waals surface area (Å²) in [5, 5.41) is 17.3. The number of amides is 2. The lowest BCUT2D eigenvalue weighted by Crippen LogP contribution is -2.46. The van der Waals surface area contributed by atoms with Gasteiger partial charge in [0.05, 0.1) is 11.4 Å². The van der Waals surface area contributed by atoms with Crippen molar-refractivity contribution in [3.63, 3.8) is 0 Å². The van der Waals surface area contributed by atoms with Crippen molar-refractivity contribution in [1.82, 2.24) is 15.2 Å².